The Morgan fingerprint density at radius 2 is 2.06 bits per heavy atom. The van der Waals surface area contributed by atoms with Crippen molar-refractivity contribution in [1.29, 1.82) is 0 Å². The Bertz CT molecular complexity index is 397. The molecule has 1 aromatic heterocycles. The van der Waals surface area contributed by atoms with Crippen LogP contribution in [0.2, 0.25) is 0 Å². The van der Waals surface area contributed by atoms with Crippen LogP contribution in [0.15, 0.2) is 10.7 Å². The fourth-order valence-electron chi connectivity index (χ4n) is 2.22. The van der Waals surface area contributed by atoms with Crippen LogP contribution < -0.4 is 4.90 Å². The minimum atomic E-state index is 0.897. The summed E-state index contributed by atoms with van der Waals surface area (Å²) in [5.41, 5.74) is 0. The monoisotopic (exact) mass is 312 g/mol. The molecule has 0 saturated carbocycles. The summed E-state index contributed by atoms with van der Waals surface area (Å²) in [5.74, 6) is 2.01. The number of nitrogens with zero attached hydrogens (tertiary/aromatic N) is 4. The highest BCUT2D eigenvalue weighted by Gasteiger charge is 2.15. The third kappa shape index (κ3) is 3.65. The minimum absolute atomic E-state index is 0.897. The molecule has 0 unspecified atom stereocenters. The molecule has 100 valence electrons. The van der Waals surface area contributed by atoms with Gasteiger partial charge in [0.2, 0.25) is 0 Å². The van der Waals surface area contributed by atoms with Crippen molar-refractivity contribution in [1.82, 2.24) is 14.9 Å². The topological polar surface area (TPSA) is 32.3 Å². The lowest BCUT2D eigenvalue weighted by Gasteiger charge is -2.22. The van der Waals surface area contributed by atoms with E-state index in [9.17, 15) is 0 Å². The first-order valence-electron chi connectivity index (χ1n) is 6.66. The van der Waals surface area contributed by atoms with E-state index in [2.05, 4.69) is 49.7 Å². The van der Waals surface area contributed by atoms with E-state index < -0.39 is 0 Å². The second kappa shape index (κ2) is 6.48. The molecule has 0 amide bonds. The Balaban J connectivity index is 2.15. The molecule has 0 aliphatic carbocycles. The zero-order chi connectivity index (χ0) is 13.0. The molecule has 0 N–H and O–H groups in total. The van der Waals surface area contributed by atoms with Crippen LogP contribution in [0, 0.1) is 0 Å². The molecule has 2 rings (SSSR count). The van der Waals surface area contributed by atoms with Gasteiger partial charge in [-0.15, -0.1) is 0 Å². The van der Waals surface area contributed by atoms with Gasteiger partial charge in [0.25, 0.3) is 0 Å². The number of hydrogen-bond acceptors (Lipinski definition) is 4. The second-order valence-corrected chi connectivity index (χ2v) is 5.67. The van der Waals surface area contributed by atoms with Crippen molar-refractivity contribution >= 4 is 21.7 Å². The first kappa shape index (κ1) is 13.7. The molecule has 1 aromatic rings. The number of anilines is 1. The van der Waals surface area contributed by atoms with Crippen LogP contribution in [0.4, 0.5) is 5.82 Å². The lowest BCUT2D eigenvalue weighted by molar-refractivity contribution is 0.360. The maximum absolute atomic E-state index is 4.68. The molecule has 1 aliphatic rings. The molecule has 4 nitrogen and oxygen atoms in total. The van der Waals surface area contributed by atoms with Gasteiger partial charge < -0.3 is 9.80 Å². The number of rotatable bonds is 3. The number of aryl methyl sites for hydroxylation is 1. The number of hydrogen-bond donors (Lipinski definition) is 0. The first-order chi connectivity index (χ1) is 8.69. The first-order valence-corrected chi connectivity index (χ1v) is 7.45. The van der Waals surface area contributed by atoms with Gasteiger partial charge in [-0.3, -0.25) is 0 Å². The van der Waals surface area contributed by atoms with Gasteiger partial charge in [0.1, 0.15) is 16.2 Å². The number of aromatic nitrogens is 2. The highest BCUT2D eigenvalue weighted by atomic mass is 79.9. The van der Waals surface area contributed by atoms with Gasteiger partial charge in [-0.2, -0.15) is 0 Å². The smallest absolute Gasteiger partial charge is 0.133 e. The van der Waals surface area contributed by atoms with Crippen LogP contribution in [0.1, 0.15) is 25.6 Å². The molecule has 1 aliphatic heterocycles. The maximum Gasteiger partial charge on any atom is 0.133 e. The van der Waals surface area contributed by atoms with Crippen LogP contribution >= 0.6 is 15.9 Å². The maximum atomic E-state index is 4.68. The zero-order valence-corrected chi connectivity index (χ0v) is 12.8. The Hall–Kier alpha value is -0.680. The molecule has 18 heavy (non-hydrogen) atoms. The fraction of sp³-hybridized carbons (Fsp3) is 0.692. The summed E-state index contributed by atoms with van der Waals surface area (Å²) in [6.45, 7) is 6.56. The van der Waals surface area contributed by atoms with E-state index >= 15 is 0 Å². The van der Waals surface area contributed by atoms with Gasteiger partial charge >= 0.3 is 0 Å². The van der Waals surface area contributed by atoms with Gasteiger partial charge in [-0.25, -0.2) is 9.97 Å². The number of likely N-dealkylation sites (N-methyl/N-ethyl adjacent to an activating group) is 1. The SMILES string of the molecule is CCCc1nc(Br)cc(N2CCCN(C)CC2)n1. The normalized spacial score (nSPS) is 17.8. The third-order valence-corrected chi connectivity index (χ3v) is 3.65. The lowest BCUT2D eigenvalue weighted by atomic mass is 10.3. The Morgan fingerprint density at radius 1 is 1.22 bits per heavy atom. The molecule has 0 atom stereocenters. The van der Waals surface area contributed by atoms with Gasteiger partial charge in [0.05, 0.1) is 0 Å². The Labute approximate surface area is 118 Å². The molecule has 1 saturated heterocycles. The predicted octanol–water partition coefficient (Wildman–Crippen LogP) is 2.33. The third-order valence-electron chi connectivity index (χ3n) is 3.24. The van der Waals surface area contributed by atoms with E-state index in [0.29, 0.717) is 0 Å². The Morgan fingerprint density at radius 3 is 2.83 bits per heavy atom. The summed E-state index contributed by atoms with van der Waals surface area (Å²) in [5, 5.41) is 0. The highest BCUT2D eigenvalue weighted by Crippen LogP contribution is 2.18. The molecule has 0 radical (unpaired) electrons. The average Bonchev–Trinajstić information content (AvgIpc) is 2.54. The molecular weight excluding hydrogens is 292 g/mol. The standard InChI is InChI=1S/C13H21BrN4/c1-3-5-12-15-11(14)10-13(16-12)18-7-4-6-17(2)8-9-18/h10H,3-9H2,1-2H3. The van der Waals surface area contributed by atoms with E-state index in [4.69, 9.17) is 0 Å². The van der Waals surface area contributed by atoms with Crippen molar-refractivity contribution < 1.29 is 0 Å². The van der Waals surface area contributed by atoms with Crippen LogP contribution in [-0.2, 0) is 6.42 Å². The molecule has 1 fully saturated rings. The second-order valence-electron chi connectivity index (χ2n) is 4.86. The quantitative estimate of drug-likeness (QED) is 0.802. The van der Waals surface area contributed by atoms with Crippen LogP contribution in [0.3, 0.4) is 0 Å². The molecule has 5 heteroatoms. The van der Waals surface area contributed by atoms with E-state index in [-0.39, 0.29) is 0 Å². The number of halogens is 1. The van der Waals surface area contributed by atoms with E-state index in [0.717, 1.165) is 48.7 Å². The van der Waals surface area contributed by atoms with Crippen molar-refractivity contribution in [3.63, 3.8) is 0 Å². The molecule has 0 aromatic carbocycles. The van der Waals surface area contributed by atoms with Crippen molar-refractivity contribution in [2.75, 3.05) is 38.1 Å². The summed E-state index contributed by atoms with van der Waals surface area (Å²) in [4.78, 5) is 13.9. The van der Waals surface area contributed by atoms with Crippen LogP contribution in [0.5, 0.6) is 0 Å². The van der Waals surface area contributed by atoms with Crippen molar-refractivity contribution in [2.45, 2.75) is 26.2 Å². The summed E-state index contributed by atoms with van der Waals surface area (Å²) in [6, 6.07) is 2.03. The highest BCUT2D eigenvalue weighted by molar-refractivity contribution is 9.10. The molecule has 2 heterocycles. The van der Waals surface area contributed by atoms with Crippen molar-refractivity contribution in [3.8, 4) is 0 Å². The largest absolute Gasteiger partial charge is 0.355 e. The van der Waals surface area contributed by atoms with Crippen LogP contribution in [-0.4, -0.2) is 48.1 Å². The Kier molecular flexibility index (Phi) is 4.95. The van der Waals surface area contributed by atoms with E-state index in [1.807, 2.05) is 6.07 Å². The van der Waals surface area contributed by atoms with Crippen molar-refractivity contribution in [3.05, 3.63) is 16.5 Å². The van der Waals surface area contributed by atoms with Crippen molar-refractivity contribution in [2.24, 2.45) is 0 Å². The summed E-state index contributed by atoms with van der Waals surface area (Å²) in [7, 11) is 2.18. The van der Waals surface area contributed by atoms with Gasteiger partial charge in [0, 0.05) is 32.1 Å². The van der Waals surface area contributed by atoms with E-state index in [1.165, 1.54) is 13.0 Å². The predicted molar refractivity (Wildman–Crippen MR) is 78.1 cm³/mol. The van der Waals surface area contributed by atoms with Crippen LogP contribution in [0.25, 0.3) is 0 Å². The molecular formula is C13H21BrN4. The summed E-state index contributed by atoms with van der Waals surface area (Å²) < 4.78 is 0.897. The van der Waals surface area contributed by atoms with Gasteiger partial charge in [0.15, 0.2) is 0 Å². The van der Waals surface area contributed by atoms with E-state index in [1.54, 1.807) is 0 Å². The summed E-state index contributed by atoms with van der Waals surface area (Å²) >= 11 is 3.49. The summed E-state index contributed by atoms with van der Waals surface area (Å²) in [6.07, 6.45) is 3.22. The minimum Gasteiger partial charge on any atom is -0.355 e. The average molecular weight is 313 g/mol. The molecule has 0 bridgehead atoms. The fourth-order valence-corrected chi connectivity index (χ4v) is 2.63. The van der Waals surface area contributed by atoms with Gasteiger partial charge in [-0.1, -0.05) is 6.92 Å². The van der Waals surface area contributed by atoms with Gasteiger partial charge in [-0.05, 0) is 42.4 Å². The lowest BCUT2D eigenvalue weighted by Crippen LogP contribution is -2.29. The molecule has 0 spiro atoms. The zero-order valence-electron chi connectivity index (χ0n) is 11.2.